The van der Waals surface area contributed by atoms with Crippen molar-refractivity contribution >= 4 is 32.7 Å². The van der Waals surface area contributed by atoms with Crippen LogP contribution in [0.1, 0.15) is 114 Å². The zero-order chi connectivity index (χ0) is 62.5. The second kappa shape index (κ2) is 24.6. The first kappa shape index (κ1) is 66.9. The van der Waals surface area contributed by atoms with Crippen molar-refractivity contribution in [3.63, 3.8) is 0 Å². The summed E-state index contributed by atoms with van der Waals surface area (Å²) in [5.41, 5.74) is -1.22. The van der Waals surface area contributed by atoms with Gasteiger partial charge in [0.25, 0.3) is 0 Å². The van der Waals surface area contributed by atoms with Gasteiger partial charge in [-0.2, -0.15) is 16.8 Å². The summed E-state index contributed by atoms with van der Waals surface area (Å²) in [6.45, 7) is 15.1. The smallest absolute Gasteiger partial charge is 0.397 e. The molecule has 27 unspecified atom stereocenters. The molecule has 5 saturated heterocycles. The van der Waals surface area contributed by atoms with E-state index < -0.39 is 191 Å². The number of cyclic esters (lactones) is 1. The van der Waals surface area contributed by atoms with Crippen LogP contribution in [-0.4, -0.2) is 229 Å². The average Bonchev–Trinajstić information content (AvgIpc) is 1.53. The van der Waals surface area contributed by atoms with Crippen LogP contribution in [0.3, 0.4) is 0 Å². The van der Waals surface area contributed by atoms with Gasteiger partial charge >= 0.3 is 32.7 Å². The summed E-state index contributed by atoms with van der Waals surface area (Å²) in [5, 5.41) is 79.2. The number of hydrogen-bond acceptors (Lipinski definition) is 26. The van der Waals surface area contributed by atoms with Gasteiger partial charge in [-0.15, -0.1) is 0 Å². The summed E-state index contributed by atoms with van der Waals surface area (Å²) in [6.07, 6.45) is -24.1. The van der Waals surface area contributed by atoms with Crippen molar-refractivity contribution < 1.29 is 132 Å². The molecule has 0 aromatic rings. The van der Waals surface area contributed by atoms with Crippen LogP contribution in [0.4, 0.5) is 0 Å². The molecule has 5 heterocycles. The third-order valence-corrected chi connectivity index (χ3v) is 21.3. The molecule has 0 bridgehead atoms. The van der Waals surface area contributed by atoms with Crippen molar-refractivity contribution in [2.24, 2.45) is 39.4 Å². The van der Waals surface area contributed by atoms with Gasteiger partial charge < -0.3 is 87.9 Å². The van der Waals surface area contributed by atoms with E-state index in [1.165, 1.54) is 21.0 Å². The summed E-state index contributed by atoms with van der Waals surface area (Å²) in [6, 6.07) is 0. The normalized spacial score (nSPS) is 48.0. The summed E-state index contributed by atoms with van der Waals surface area (Å²) in [4.78, 5) is 27.5. The number of hydrogen-bond donors (Lipinski definition) is 9. The Labute approximate surface area is 494 Å². The highest BCUT2D eigenvalue weighted by molar-refractivity contribution is 7.81. The van der Waals surface area contributed by atoms with Crippen molar-refractivity contribution in [3.8, 4) is 0 Å². The molecule has 0 amide bonds. The first-order valence-corrected chi connectivity index (χ1v) is 31.7. The molecule has 27 atom stereocenters. The van der Waals surface area contributed by atoms with Crippen LogP contribution in [0.25, 0.3) is 0 Å². The molecule has 4 aliphatic carbocycles. The highest BCUT2D eigenvalue weighted by atomic mass is 32.3. The fourth-order valence-electron chi connectivity index (χ4n) is 16.4. The third kappa shape index (κ3) is 12.4. The van der Waals surface area contributed by atoms with E-state index in [0.29, 0.717) is 51.4 Å². The minimum absolute atomic E-state index is 0.0116. The fraction of sp³-hybridized carbons (Fsp3) is 0.891. The van der Waals surface area contributed by atoms with Gasteiger partial charge in [-0.25, -0.2) is 8.37 Å². The van der Waals surface area contributed by atoms with Gasteiger partial charge in [0.05, 0.1) is 43.4 Å². The number of fused-ring (bicyclic) bond motifs is 4. The van der Waals surface area contributed by atoms with E-state index in [1.54, 1.807) is 0 Å². The van der Waals surface area contributed by atoms with Gasteiger partial charge in [0.2, 0.25) is 0 Å². The number of methoxy groups -OCH3 is 1. The van der Waals surface area contributed by atoms with E-state index >= 15 is 0 Å². The van der Waals surface area contributed by atoms with Gasteiger partial charge in [-0.3, -0.25) is 18.7 Å². The van der Waals surface area contributed by atoms with Crippen LogP contribution >= 0.6 is 0 Å². The molecule has 5 aliphatic heterocycles. The molecule has 9 rings (SSSR count). The summed E-state index contributed by atoms with van der Waals surface area (Å²) in [7, 11) is -9.17. The number of esters is 2. The van der Waals surface area contributed by atoms with Gasteiger partial charge in [0.15, 0.2) is 25.2 Å². The van der Waals surface area contributed by atoms with Crippen LogP contribution < -0.4 is 0 Å². The minimum Gasteiger partial charge on any atom is -0.462 e. The Bertz CT molecular complexity index is 2730. The van der Waals surface area contributed by atoms with E-state index in [1.807, 2.05) is 20.8 Å². The first-order valence-electron chi connectivity index (χ1n) is 29.0. The van der Waals surface area contributed by atoms with Crippen LogP contribution in [0.5, 0.6) is 0 Å². The lowest BCUT2D eigenvalue weighted by molar-refractivity contribution is -0.386. The fourth-order valence-corrected chi connectivity index (χ4v) is 17.2. The molecule has 85 heavy (non-hydrogen) atoms. The molecule has 30 heteroatoms. The maximum Gasteiger partial charge on any atom is 0.397 e. The zero-order valence-corrected chi connectivity index (χ0v) is 50.9. The average molecular weight is 1260 g/mol. The lowest BCUT2D eigenvalue weighted by atomic mass is 9.41. The molecule has 0 aromatic heterocycles. The Morgan fingerprint density at radius 1 is 0.729 bits per heavy atom. The second-order valence-corrected chi connectivity index (χ2v) is 28.3. The number of aliphatic hydroxyl groups is 7. The van der Waals surface area contributed by atoms with E-state index in [0.717, 1.165) is 11.1 Å². The van der Waals surface area contributed by atoms with E-state index in [9.17, 15) is 71.3 Å². The Kier molecular flexibility index (Phi) is 19.4. The van der Waals surface area contributed by atoms with E-state index in [2.05, 4.69) is 44.0 Å². The third-order valence-electron chi connectivity index (χ3n) is 20.4. The molecule has 8 fully saturated rings. The van der Waals surface area contributed by atoms with Gasteiger partial charge in [-0.1, -0.05) is 51.0 Å². The molecule has 0 radical (unpaired) electrons. The Morgan fingerprint density at radius 2 is 1.38 bits per heavy atom. The predicted molar refractivity (Wildman–Crippen MR) is 286 cm³/mol. The first-order chi connectivity index (χ1) is 39.5. The molecule has 486 valence electrons. The molecule has 9 N–H and O–H groups in total. The Hall–Kier alpha value is -2.48. The number of ether oxygens (including phenoxy) is 11. The molecule has 1 spiro atoms. The standard InChI is InChI=1S/C55H86O28S2/c1-24(2)12-11-17-54(9)45-30(76-26(4)56)20-53(8)28-13-14-33-51(5,6)34(16-18-52(33,7)27(28)15-19-55(45,53)50(64)82-54)78-49-44(36(59)32(22-73-49)83-85(68,69)70)81-47-38(61)37(60)41(25(3)75-47)79-48-40(63)43(35(58)31(77-48)23-74-84(65,66)67)80-46-39(62)42(71-10)29(57)21-72-46/h12-13,25,27,29-49,57-63H,11,14-23H2,1-10H3,(H,65,66,67)(H,68,69,70). The Balaban J connectivity index is 0.927. The van der Waals surface area contributed by atoms with Crippen LogP contribution in [0.15, 0.2) is 23.3 Å². The summed E-state index contributed by atoms with van der Waals surface area (Å²) in [5.74, 6) is -1.09. The zero-order valence-electron chi connectivity index (χ0n) is 49.3. The van der Waals surface area contributed by atoms with Gasteiger partial charge in [0, 0.05) is 19.4 Å². The van der Waals surface area contributed by atoms with Crippen molar-refractivity contribution in [3.05, 3.63) is 23.3 Å². The predicted octanol–water partition coefficient (Wildman–Crippen LogP) is 0.447. The number of carbonyl (C=O) groups excluding carboxylic acids is 2. The van der Waals surface area contributed by atoms with Crippen LogP contribution in [-0.2, 0) is 90.9 Å². The quantitative estimate of drug-likeness (QED) is 0.0511. The summed E-state index contributed by atoms with van der Waals surface area (Å²) >= 11 is 0. The van der Waals surface area contributed by atoms with Crippen molar-refractivity contribution in [2.45, 2.75) is 242 Å². The van der Waals surface area contributed by atoms with Crippen LogP contribution in [0, 0.1) is 39.4 Å². The monoisotopic (exact) mass is 1260 g/mol. The van der Waals surface area contributed by atoms with E-state index in [4.69, 9.17) is 56.3 Å². The van der Waals surface area contributed by atoms with Crippen LogP contribution in [0.2, 0.25) is 0 Å². The molecular weight excluding hydrogens is 1170 g/mol. The Morgan fingerprint density at radius 3 is 2.02 bits per heavy atom. The number of aliphatic hydroxyl groups excluding tert-OH is 7. The number of carbonyl (C=O) groups is 2. The summed E-state index contributed by atoms with van der Waals surface area (Å²) < 4.78 is 141. The van der Waals surface area contributed by atoms with Crippen molar-refractivity contribution in [1.29, 1.82) is 0 Å². The SMILES string of the molecule is COC1C(O)COC(OC2C(O)C(COS(=O)(=O)O)OC(OC3C(C)OC(OC4C(OC5CCC6(C)C7CCC89C(=O)OC(C)(CCC=C(C)C)C8C(OC(C)=O)CC9(C)C7=CCC6C5(C)C)OCC(OS(=O)(=O)O)C4O)C(O)C3O)C2O)C1O. The molecule has 28 nitrogen and oxygen atoms in total. The second-order valence-electron chi connectivity index (χ2n) is 26.1. The molecular formula is C55H86O28S2. The maximum atomic E-state index is 14.7. The lowest BCUT2D eigenvalue weighted by Crippen LogP contribution is -2.66. The number of rotatable bonds is 18. The topological polar surface area (TPSA) is 404 Å². The molecule has 0 aromatic carbocycles. The largest absolute Gasteiger partial charge is 0.462 e. The lowest BCUT2D eigenvalue weighted by Gasteiger charge is -2.64. The van der Waals surface area contributed by atoms with Crippen molar-refractivity contribution in [1.82, 2.24) is 0 Å². The maximum absolute atomic E-state index is 14.7. The highest BCUT2D eigenvalue weighted by Crippen LogP contribution is 2.77. The van der Waals surface area contributed by atoms with E-state index in [-0.39, 0.29) is 29.1 Å². The number of allylic oxidation sites excluding steroid dienone is 4. The molecule has 9 aliphatic rings. The van der Waals surface area contributed by atoms with Gasteiger partial charge in [-0.05, 0) is 102 Å². The van der Waals surface area contributed by atoms with Crippen molar-refractivity contribution in [2.75, 3.05) is 26.9 Å². The minimum atomic E-state index is -5.21. The highest BCUT2D eigenvalue weighted by Gasteiger charge is 2.79. The van der Waals surface area contributed by atoms with Gasteiger partial charge in [0.1, 0.15) is 91.1 Å². The molecule has 3 saturated carbocycles.